The van der Waals surface area contributed by atoms with Crippen LogP contribution in [0.25, 0.3) is 11.0 Å². The highest BCUT2D eigenvalue weighted by Crippen LogP contribution is 2.35. The zero-order valence-electron chi connectivity index (χ0n) is 18.5. The molecule has 8 heteroatoms. The molecule has 0 saturated carbocycles. The van der Waals surface area contributed by atoms with Crippen LogP contribution < -0.4 is 5.32 Å². The summed E-state index contributed by atoms with van der Waals surface area (Å²) < 4.78 is 44.2. The molecule has 1 fully saturated rings. The number of likely N-dealkylation sites (tertiary alicyclic amines) is 1. The summed E-state index contributed by atoms with van der Waals surface area (Å²) in [7, 11) is 0. The normalized spacial score (nSPS) is 15.5. The Balaban J connectivity index is 1.61. The molecule has 33 heavy (non-hydrogen) atoms. The molecule has 176 valence electrons. The summed E-state index contributed by atoms with van der Waals surface area (Å²) >= 11 is 0. The molecule has 1 saturated heterocycles. The van der Waals surface area contributed by atoms with Gasteiger partial charge in [-0.25, -0.2) is 0 Å². The lowest BCUT2D eigenvalue weighted by Crippen LogP contribution is -2.27. The largest absolute Gasteiger partial charge is 0.508 e. The van der Waals surface area contributed by atoms with Crippen molar-refractivity contribution >= 4 is 22.6 Å². The van der Waals surface area contributed by atoms with Crippen LogP contribution in [0, 0.1) is 6.92 Å². The Hall–Kier alpha value is -3.00. The second kappa shape index (κ2) is 9.47. The van der Waals surface area contributed by atoms with Crippen LogP contribution in [0.5, 0.6) is 5.75 Å². The second-order valence-corrected chi connectivity index (χ2v) is 8.50. The molecule has 2 heterocycles. The molecule has 2 aromatic carbocycles. The number of nitrogens with zero attached hydrogens (tertiary/aromatic N) is 1. The van der Waals surface area contributed by atoms with Crippen molar-refractivity contribution in [3.8, 4) is 5.75 Å². The predicted molar refractivity (Wildman–Crippen MR) is 121 cm³/mol. The Morgan fingerprint density at radius 1 is 1.06 bits per heavy atom. The minimum Gasteiger partial charge on any atom is -0.508 e. The number of hydrogen-bond acceptors (Lipinski definition) is 4. The van der Waals surface area contributed by atoms with Gasteiger partial charge in [0.1, 0.15) is 17.1 Å². The van der Waals surface area contributed by atoms with Gasteiger partial charge in [-0.1, -0.05) is 12.8 Å². The number of halogens is 3. The molecule has 2 N–H and O–H groups in total. The minimum atomic E-state index is -4.44. The van der Waals surface area contributed by atoms with Gasteiger partial charge in [-0.3, -0.25) is 4.79 Å². The van der Waals surface area contributed by atoms with Crippen molar-refractivity contribution in [1.82, 2.24) is 4.90 Å². The van der Waals surface area contributed by atoms with Gasteiger partial charge in [0.15, 0.2) is 0 Å². The van der Waals surface area contributed by atoms with Crippen molar-refractivity contribution < 1.29 is 27.5 Å². The van der Waals surface area contributed by atoms with Crippen LogP contribution in [0.4, 0.5) is 18.9 Å². The third-order valence-corrected chi connectivity index (χ3v) is 6.19. The van der Waals surface area contributed by atoms with E-state index in [4.69, 9.17) is 4.42 Å². The van der Waals surface area contributed by atoms with Crippen LogP contribution in [0.1, 0.15) is 52.9 Å². The Bertz CT molecular complexity index is 1130. The molecule has 4 rings (SSSR count). The number of hydrogen-bond donors (Lipinski definition) is 2. The molecule has 0 bridgehead atoms. The third-order valence-electron chi connectivity index (χ3n) is 6.19. The fourth-order valence-electron chi connectivity index (χ4n) is 4.46. The standard InChI is InChI=1S/C25H27F3N2O3/c1-16-22(24(32)29-18-8-6-17(7-9-18)25(26,27)28)23-19(20(31)10-11-21(23)33-16)12-15-30-13-4-2-3-5-14-30/h6-11,31H,2-5,12-15H2,1H3,(H,29,32). The second-order valence-electron chi connectivity index (χ2n) is 8.50. The molecule has 1 aromatic heterocycles. The number of carbonyl (C=O) groups excluding carboxylic acids is 1. The first kappa shape index (κ1) is 23.2. The van der Waals surface area contributed by atoms with E-state index in [0.29, 0.717) is 28.7 Å². The summed E-state index contributed by atoms with van der Waals surface area (Å²) in [5.41, 5.74) is 0.880. The van der Waals surface area contributed by atoms with Gasteiger partial charge in [0.05, 0.1) is 11.1 Å². The van der Waals surface area contributed by atoms with E-state index in [1.165, 1.54) is 25.0 Å². The maximum Gasteiger partial charge on any atom is 0.416 e. The van der Waals surface area contributed by atoms with Crippen molar-refractivity contribution in [2.45, 2.75) is 45.2 Å². The third kappa shape index (κ3) is 5.16. The Kier molecular flexibility index (Phi) is 6.65. The number of furan rings is 1. The van der Waals surface area contributed by atoms with Crippen molar-refractivity contribution in [3.05, 3.63) is 58.8 Å². The van der Waals surface area contributed by atoms with Gasteiger partial charge in [-0.15, -0.1) is 0 Å². The number of anilines is 1. The molecule has 1 amide bonds. The zero-order chi connectivity index (χ0) is 23.6. The molecule has 0 atom stereocenters. The van der Waals surface area contributed by atoms with E-state index in [9.17, 15) is 23.1 Å². The van der Waals surface area contributed by atoms with Gasteiger partial charge in [-0.05, 0) is 75.7 Å². The van der Waals surface area contributed by atoms with Crippen molar-refractivity contribution in [3.63, 3.8) is 0 Å². The number of phenolic OH excluding ortho intramolecular Hbond substituents is 1. The molecule has 0 unspecified atom stereocenters. The first-order valence-corrected chi connectivity index (χ1v) is 11.2. The van der Waals surface area contributed by atoms with E-state index < -0.39 is 17.6 Å². The fraction of sp³-hybridized carbons (Fsp3) is 0.400. The van der Waals surface area contributed by atoms with E-state index in [0.717, 1.165) is 44.6 Å². The summed E-state index contributed by atoms with van der Waals surface area (Å²) in [6.45, 7) is 4.46. The highest BCUT2D eigenvalue weighted by atomic mass is 19.4. The first-order chi connectivity index (χ1) is 15.7. The van der Waals surface area contributed by atoms with Gasteiger partial charge in [0, 0.05) is 23.2 Å². The summed E-state index contributed by atoms with van der Waals surface area (Å²) in [5, 5.41) is 13.8. The Morgan fingerprint density at radius 3 is 2.36 bits per heavy atom. The van der Waals surface area contributed by atoms with Gasteiger partial charge in [0.2, 0.25) is 0 Å². The summed E-state index contributed by atoms with van der Waals surface area (Å²) in [6, 6.07) is 7.48. The van der Waals surface area contributed by atoms with Crippen molar-refractivity contribution in [2.24, 2.45) is 0 Å². The number of phenols is 1. The monoisotopic (exact) mass is 460 g/mol. The first-order valence-electron chi connectivity index (χ1n) is 11.2. The van der Waals surface area contributed by atoms with Crippen LogP contribution in [0.3, 0.4) is 0 Å². The lowest BCUT2D eigenvalue weighted by atomic mass is 10.00. The average molecular weight is 460 g/mol. The number of nitrogens with one attached hydrogen (secondary N) is 1. The topological polar surface area (TPSA) is 65.7 Å². The molecular formula is C25H27F3N2O3. The van der Waals surface area contributed by atoms with Crippen LogP contribution in [-0.4, -0.2) is 35.5 Å². The van der Waals surface area contributed by atoms with Gasteiger partial charge < -0.3 is 19.7 Å². The number of carbonyl (C=O) groups is 1. The predicted octanol–water partition coefficient (Wildman–Crippen LogP) is 6.14. The number of rotatable bonds is 5. The number of benzene rings is 2. The van der Waals surface area contributed by atoms with Crippen LogP contribution >= 0.6 is 0 Å². The SMILES string of the molecule is Cc1oc2ccc(O)c(CCN3CCCCCC3)c2c1C(=O)Nc1ccc(C(F)(F)F)cc1. The molecule has 1 aliphatic heterocycles. The number of fused-ring (bicyclic) bond motifs is 1. The highest BCUT2D eigenvalue weighted by molar-refractivity contribution is 6.14. The number of alkyl halides is 3. The summed E-state index contributed by atoms with van der Waals surface area (Å²) in [5.74, 6) is -0.00892. The van der Waals surface area contributed by atoms with E-state index in [1.807, 2.05) is 0 Å². The van der Waals surface area contributed by atoms with E-state index >= 15 is 0 Å². The van der Waals surface area contributed by atoms with Crippen LogP contribution in [0.15, 0.2) is 40.8 Å². The van der Waals surface area contributed by atoms with Gasteiger partial charge in [-0.2, -0.15) is 13.2 Å². The lowest BCUT2D eigenvalue weighted by Gasteiger charge is -2.20. The molecule has 5 nitrogen and oxygen atoms in total. The van der Waals surface area contributed by atoms with Crippen molar-refractivity contribution in [2.75, 3.05) is 25.0 Å². The maximum absolute atomic E-state index is 13.1. The van der Waals surface area contributed by atoms with E-state index in [1.54, 1.807) is 19.1 Å². The molecular weight excluding hydrogens is 433 g/mol. The fourth-order valence-corrected chi connectivity index (χ4v) is 4.46. The Morgan fingerprint density at radius 2 is 1.73 bits per heavy atom. The van der Waals surface area contributed by atoms with Gasteiger partial charge in [0.25, 0.3) is 5.91 Å². The van der Waals surface area contributed by atoms with E-state index in [-0.39, 0.29) is 17.0 Å². The smallest absolute Gasteiger partial charge is 0.416 e. The van der Waals surface area contributed by atoms with Crippen molar-refractivity contribution in [1.29, 1.82) is 0 Å². The molecule has 0 radical (unpaired) electrons. The lowest BCUT2D eigenvalue weighted by molar-refractivity contribution is -0.137. The zero-order valence-corrected chi connectivity index (χ0v) is 18.5. The highest BCUT2D eigenvalue weighted by Gasteiger charge is 2.30. The average Bonchev–Trinajstić information content (AvgIpc) is 2.92. The summed E-state index contributed by atoms with van der Waals surface area (Å²) in [4.78, 5) is 15.5. The molecule has 0 aliphatic carbocycles. The molecule has 1 aliphatic rings. The number of aromatic hydroxyl groups is 1. The minimum absolute atomic E-state index is 0.0988. The molecule has 3 aromatic rings. The quantitative estimate of drug-likeness (QED) is 0.480. The van der Waals surface area contributed by atoms with Gasteiger partial charge >= 0.3 is 6.18 Å². The maximum atomic E-state index is 13.1. The molecule has 0 spiro atoms. The van der Waals surface area contributed by atoms with Crippen LogP contribution in [0.2, 0.25) is 0 Å². The van der Waals surface area contributed by atoms with Crippen LogP contribution in [-0.2, 0) is 12.6 Å². The number of amides is 1. The Labute approximate surface area is 190 Å². The number of aryl methyl sites for hydroxylation is 1. The summed E-state index contributed by atoms with van der Waals surface area (Å²) in [6.07, 6.45) is 0.880. The van der Waals surface area contributed by atoms with E-state index in [2.05, 4.69) is 10.2 Å².